The largest absolute Gasteiger partial charge is 0.396 e. The number of nitrogens with one attached hydrogen (secondary N) is 1. The van der Waals surface area contributed by atoms with E-state index in [1.54, 1.807) is 0 Å². The molecule has 2 aromatic rings. The van der Waals surface area contributed by atoms with Crippen molar-refractivity contribution in [2.45, 2.75) is 46.7 Å². The Balaban J connectivity index is 2.03. The average molecular weight is 286 g/mol. The standard InChI is InChI=1S/C18H26N2O/c1-4-20-14(2)11-17(15(20)3)13-19-18-9-5-7-16(12-18)8-6-10-21/h5,7,9,11-12,19,21H,4,6,8,10,13H2,1-3H3. The summed E-state index contributed by atoms with van der Waals surface area (Å²) in [4.78, 5) is 0. The number of aromatic nitrogens is 1. The molecule has 21 heavy (non-hydrogen) atoms. The Morgan fingerprint density at radius 3 is 2.67 bits per heavy atom. The second kappa shape index (κ2) is 7.32. The highest BCUT2D eigenvalue weighted by Crippen LogP contribution is 2.18. The topological polar surface area (TPSA) is 37.2 Å². The van der Waals surface area contributed by atoms with Crippen molar-refractivity contribution in [2.75, 3.05) is 11.9 Å². The highest BCUT2D eigenvalue weighted by Gasteiger charge is 2.07. The molecule has 1 aromatic heterocycles. The quantitative estimate of drug-likeness (QED) is 0.815. The van der Waals surface area contributed by atoms with Gasteiger partial charge in [0.15, 0.2) is 0 Å². The van der Waals surface area contributed by atoms with Crippen molar-refractivity contribution in [1.29, 1.82) is 0 Å². The van der Waals surface area contributed by atoms with Gasteiger partial charge in [-0.3, -0.25) is 0 Å². The van der Waals surface area contributed by atoms with Crippen LogP contribution < -0.4 is 5.32 Å². The Morgan fingerprint density at radius 1 is 1.19 bits per heavy atom. The Hall–Kier alpha value is -1.74. The summed E-state index contributed by atoms with van der Waals surface area (Å²) in [7, 11) is 0. The van der Waals surface area contributed by atoms with Gasteiger partial charge in [0.2, 0.25) is 0 Å². The SMILES string of the molecule is CCn1c(C)cc(CNc2cccc(CCCO)c2)c1C. The fourth-order valence-corrected chi connectivity index (χ4v) is 2.86. The molecule has 114 valence electrons. The number of hydrogen-bond acceptors (Lipinski definition) is 2. The smallest absolute Gasteiger partial charge is 0.0434 e. The van der Waals surface area contributed by atoms with Crippen LogP contribution in [0.1, 0.15) is 35.9 Å². The number of hydrogen-bond donors (Lipinski definition) is 2. The van der Waals surface area contributed by atoms with Gasteiger partial charge < -0.3 is 15.0 Å². The minimum Gasteiger partial charge on any atom is -0.396 e. The zero-order valence-electron chi connectivity index (χ0n) is 13.3. The lowest BCUT2D eigenvalue weighted by Gasteiger charge is -2.09. The molecule has 0 atom stereocenters. The molecular formula is C18H26N2O. The van der Waals surface area contributed by atoms with Crippen LogP contribution in [0.2, 0.25) is 0 Å². The molecule has 0 saturated heterocycles. The van der Waals surface area contributed by atoms with Gasteiger partial charge in [0, 0.05) is 36.8 Å². The van der Waals surface area contributed by atoms with E-state index in [2.05, 4.69) is 61.0 Å². The second-order valence-electron chi connectivity index (χ2n) is 5.52. The maximum atomic E-state index is 8.91. The monoisotopic (exact) mass is 286 g/mol. The third-order valence-corrected chi connectivity index (χ3v) is 4.03. The first kappa shape index (κ1) is 15.6. The van der Waals surface area contributed by atoms with Gasteiger partial charge in [0.25, 0.3) is 0 Å². The summed E-state index contributed by atoms with van der Waals surface area (Å²) in [5.41, 5.74) is 6.44. The molecule has 2 N–H and O–H groups in total. The second-order valence-corrected chi connectivity index (χ2v) is 5.52. The van der Waals surface area contributed by atoms with Crippen LogP contribution in [0.5, 0.6) is 0 Å². The van der Waals surface area contributed by atoms with E-state index >= 15 is 0 Å². The van der Waals surface area contributed by atoms with Crippen molar-refractivity contribution in [3.8, 4) is 0 Å². The maximum absolute atomic E-state index is 8.91. The van der Waals surface area contributed by atoms with E-state index in [0.29, 0.717) is 0 Å². The van der Waals surface area contributed by atoms with Crippen LogP contribution in [0.15, 0.2) is 30.3 Å². The molecule has 0 saturated carbocycles. The third-order valence-electron chi connectivity index (χ3n) is 4.03. The summed E-state index contributed by atoms with van der Waals surface area (Å²) in [6, 6.07) is 10.7. The highest BCUT2D eigenvalue weighted by molar-refractivity contribution is 5.46. The van der Waals surface area contributed by atoms with Crippen molar-refractivity contribution >= 4 is 5.69 Å². The van der Waals surface area contributed by atoms with E-state index in [4.69, 9.17) is 5.11 Å². The van der Waals surface area contributed by atoms with Crippen LogP contribution in [0, 0.1) is 13.8 Å². The fraction of sp³-hybridized carbons (Fsp3) is 0.444. The fourth-order valence-electron chi connectivity index (χ4n) is 2.86. The molecule has 3 nitrogen and oxygen atoms in total. The zero-order valence-corrected chi connectivity index (χ0v) is 13.3. The van der Waals surface area contributed by atoms with Crippen LogP contribution in [-0.4, -0.2) is 16.3 Å². The molecule has 0 unspecified atom stereocenters. The third kappa shape index (κ3) is 3.88. The molecule has 0 fully saturated rings. The summed E-state index contributed by atoms with van der Waals surface area (Å²) in [5, 5.41) is 12.4. The van der Waals surface area contributed by atoms with Crippen LogP contribution in [0.4, 0.5) is 5.69 Å². The Morgan fingerprint density at radius 2 is 2.00 bits per heavy atom. The van der Waals surface area contributed by atoms with Crippen molar-refractivity contribution in [3.05, 3.63) is 52.8 Å². The Labute approximate surface area is 127 Å². The molecule has 1 aromatic carbocycles. The number of aryl methyl sites for hydroxylation is 2. The Kier molecular flexibility index (Phi) is 5.45. The van der Waals surface area contributed by atoms with E-state index in [9.17, 15) is 0 Å². The zero-order chi connectivity index (χ0) is 15.2. The molecule has 0 spiro atoms. The van der Waals surface area contributed by atoms with Crippen molar-refractivity contribution in [3.63, 3.8) is 0 Å². The molecule has 0 aliphatic rings. The van der Waals surface area contributed by atoms with Gasteiger partial charge in [-0.25, -0.2) is 0 Å². The van der Waals surface area contributed by atoms with E-state index in [0.717, 1.165) is 31.6 Å². The number of rotatable bonds is 7. The molecule has 3 heteroatoms. The summed E-state index contributed by atoms with van der Waals surface area (Å²) in [6.07, 6.45) is 1.75. The van der Waals surface area contributed by atoms with E-state index < -0.39 is 0 Å². The van der Waals surface area contributed by atoms with Crippen molar-refractivity contribution in [2.24, 2.45) is 0 Å². The predicted molar refractivity (Wildman–Crippen MR) is 88.8 cm³/mol. The van der Waals surface area contributed by atoms with Gasteiger partial charge in [-0.2, -0.15) is 0 Å². The van der Waals surface area contributed by atoms with Gasteiger partial charge in [0.1, 0.15) is 0 Å². The first-order valence-corrected chi connectivity index (χ1v) is 7.75. The summed E-state index contributed by atoms with van der Waals surface area (Å²) < 4.78 is 2.34. The number of aliphatic hydroxyl groups excluding tert-OH is 1. The normalized spacial score (nSPS) is 10.9. The highest BCUT2D eigenvalue weighted by atomic mass is 16.2. The first-order chi connectivity index (χ1) is 10.2. The first-order valence-electron chi connectivity index (χ1n) is 7.75. The molecule has 2 rings (SSSR count). The van der Waals surface area contributed by atoms with Crippen LogP contribution >= 0.6 is 0 Å². The number of aliphatic hydroxyl groups is 1. The summed E-state index contributed by atoms with van der Waals surface area (Å²) in [5.74, 6) is 0. The number of nitrogens with zero attached hydrogens (tertiary/aromatic N) is 1. The van der Waals surface area contributed by atoms with E-state index in [-0.39, 0.29) is 6.61 Å². The van der Waals surface area contributed by atoms with Gasteiger partial charge in [0.05, 0.1) is 0 Å². The Bertz CT molecular complexity index is 587. The van der Waals surface area contributed by atoms with Crippen LogP contribution in [0.3, 0.4) is 0 Å². The van der Waals surface area contributed by atoms with Gasteiger partial charge in [-0.05, 0) is 62.9 Å². The molecule has 0 aliphatic heterocycles. The predicted octanol–water partition coefficient (Wildman–Crippen LogP) is 3.66. The maximum Gasteiger partial charge on any atom is 0.0434 e. The minimum atomic E-state index is 0.251. The summed E-state index contributed by atoms with van der Waals surface area (Å²) in [6.45, 7) is 8.65. The lowest BCUT2D eigenvalue weighted by atomic mass is 10.1. The molecule has 0 bridgehead atoms. The van der Waals surface area contributed by atoms with E-state index in [1.807, 2.05) is 0 Å². The molecule has 0 aliphatic carbocycles. The van der Waals surface area contributed by atoms with Crippen molar-refractivity contribution in [1.82, 2.24) is 4.57 Å². The van der Waals surface area contributed by atoms with Crippen LogP contribution in [0.25, 0.3) is 0 Å². The lowest BCUT2D eigenvalue weighted by molar-refractivity contribution is 0.288. The summed E-state index contributed by atoms with van der Waals surface area (Å²) >= 11 is 0. The molecule has 0 radical (unpaired) electrons. The molecular weight excluding hydrogens is 260 g/mol. The molecule has 1 heterocycles. The molecule has 0 amide bonds. The average Bonchev–Trinajstić information content (AvgIpc) is 2.77. The van der Waals surface area contributed by atoms with E-state index in [1.165, 1.54) is 22.5 Å². The minimum absolute atomic E-state index is 0.251. The number of benzene rings is 1. The van der Waals surface area contributed by atoms with Crippen LogP contribution in [-0.2, 0) is 19.5 Å². The lowest BCUT2D eigenvalue weighted by Crippen LogP contribution is -2.03. The van der Waals surface area contributed by atoms with Gasteiger partial charge in [-0.1, -0.05) is 12.1 Å². The number of anilines is 1. The van der Waals surface area contributed by atoms with Crippen molar-refractivity contribution < 1.29 is 5.11 Å². The van der Waals surface area contributed by atoms with Gasteiger partial charge >= 0.3 is 0 Å². The van der Waals surface area contributed by atoms with Gasteiger partial charge in [-0.15, -0.1) is 0 Å².